The first-order valence-corrected chi connectivity index (χ1v) is 13.7. The van der Waals surface area contributed by atoms with E-state index in [1.165, 1.54) is 33.8 Å². The van der Waals surface area contributed by atoms with Gasteiger partial charge in [0.1, 0.15) is 10.8 Å². The van der Waals surface area contributed by atoms with E-state index in [1.54, 1.807) is 0 Å². The quantitative estimate of drug-likeness (QED) is 0.400. The molecule has 0 saturated carbocycles. The highest BCUT2D eigenvalue weighted by molar-refractivity contribution is 7.15. The molecule has 5 rings (SSSR count). The third-order valence-corrected chi connectivity index (χ3v) is 8.23. The monoisotopic (exact) mass is 493 g/mol. The van der Waals surface area contributed by atoms with Crippen LogP contribution in [0.2, 0.25) is 0 Å². The second kappa shape index (κ2) is 10.9. The molecule has 0 radical (unpaired) electrons. The van der Waals surface area contributed by atoms with Gasteiger partial charge in [-0.3, -0.25) is 0 Å². The molecule has 6 nitrogen and oxygen atoms in total. The minimum absolute atomic E-state index is 0.0308. The molecular formula is C28H35N3O3S. The van der Waals surface area contributed by atoms with Gasteiger partial charge in [-0.2, -0.15) is 0 Å². The number of hydrogen-bond acceptors (Lipinski definition) is 4. The zero-order valence-electron chi connectivity index (χ0n) is 20.7. The van der Waals surface area contributed by atoms with Gasteiger partial charge in [0.2, 0.25) is 0 Å². The van der Waals surface area contributed by atoms with Crippen molar-refractivity contribution in [1.29, 1.82) is 0 Å². The fourth-order valence-corrected chi connectivity index (χ4v) is 6.67. The summed E-state index contributed by atoms with van der Waals surface area (Å²) in [6, 6.07) is 12.2. The van der Waals surface area contributed by atoms with E-state index in [0.717, 1.165) is 36.3 Å². The number of rotatable bonds is 8. The van der Waals surface area contributed by atoms with Crippen LogP contribution in [0.4, 0.5) is 4.79 Å². The fourth-order valence-electron chi connectivity index (χ4n) is 5.27. The van der Waals surface area contributed by atoms with Gasteiger partial charge in [0, 0.05) is 36.4 Å². The molecule has 0 unspecified atom stereocenters. The van der Waals surface area contributed by atoms with Crippen molar-refractivity contribution < 1.29 is 14.3 Å². The average Bonchev–Trinajstić information content (AvgIpc) is 3.46. The van der Waals surface area contributed by atoms with Gasteiger partial charge in [-0.25, -0.2) is 4.79 Å². The van der Waals surface area contributed by atoms with Crippen molar-refractivity contribution in [3.63, 3.8) is 0 Å². The van der Waals surface area contributed by atoms with Gasteiger partial charge in [0.15, 0.2) is 0 Å². The molecule has 0 bridgehead atoms. The van der Waals surface area contributed by atoms with Crippen LogP contribution in [-0.2, 0) is 24.1 Å². The van der Waals surface area contributed by atoms with Crippen molar-refractivity contribution in [2.24, 2.45) is 0 Å². The van der Waals surface area contributed by atoms with E-state index < -0.39 is 0 Å². The molecule has 2 amide bonds. The molecular weight excluding hydrogens is 458 g/mol. The first kappa shape index (κ1) is 23.9. The zero-order valence-corrected chi connectivity index (χ0v) is 21.5. The second-order valence-corrected chi connectivity index (χ2v) is 10.2. The van der Waals surface area contributed by atoms with Crippen LogP contribution < -0.4 is 10.1 Å². The van der Waals surface area contributed by atoms with Gasteiger partial charge in [0.05, 0.1) is 24.9 Å². The summed E-state index contributed by atoms with van der Waals surface area (Å²) >= 11 is 1.91. The molecule has 0 fully saturated rings. The maximum absolute atomic E-state index is 13.7. The van der Waals surface area contributed by atoms with E-state index in [-0.39, 0.29) is 12.1 Å². The SMILES string of the molecule is CCOCCCNC(=O)N1Cc2c(sc3c2CCCC3)-n2cccc2[C@@H]1c1ccc(OCC)cc1. The summed E-state index contributed by atoms with van der Waals surface area (Å²) < 4.78 is 13.5. The largest absolute Gasteiger partial charge is 0.494 e. The highest BCUT2D eigenvalue weighted by Crippen LogP contribution is 2.44. The minimum atomic E-state index is -0.189. The van der Waals surface area contributed by atoms with Crippen LogP contribution in [0.1, 0.15) is 66.4 Å². The second-order valence-electron chi connectivity index (χ2n) is 9.11. The zero-order chi connectivity index (χ0) is 24.2. The lowest BCUT2D eigenvalue weighted by Gasteiger charge is -2.31. The number of benzene rings is 1. The fraction of sp³-hybridized carbons (Fsp3) is 0.464. The predicted octanol–water partition coefficient (Wildman–Crippen LogP) is 5.86. The summed E-state index contributed by atoms with van der Waals surface area (Å²) in [5.74, 6) is 0.848. The van der Waals surface area contributed by atoms with E-state index in [4.69, 9.17) is 9.47 Å². The number of carbonyl (C=O) groups is 1. The number of carbonyl (C=O) groups excluding carboxylic acids is 1. The number of aryl methyl sites for hydroxylation is 1. The third kappa shape index (κ3) is 4.84. The number of nitrogens with zero attached hydrogens (tertiary/aromatic N) is 2. The summed E-state index contributed by atoms with van der Waals surface area (Å²) in [4.78, 5) is 17.2. The minimum Gasteiger partial charge on any atom is -0.494 e. The molecule has 7 heteroatoms. The van der Waals surface area contributed by atoms with Crippen molar-refractivity contribution in [2.75, 3.05) is 26.4 Å². The average molecular weight is 494 g/mol. The topological polar surface area (TPSA) is 55.7 Å². The molecule has 35 heavy (non-hydrogen) atoms. The number of hydrogen-bond donors (Lipinski definition) is 1. The van der Waals surface area contributed by atoms with Crippen molar-refractivity contribution in [3.05, 3.63) is 69.9 Å². The predicted molar refractivity (Wildman–Crippen MR) is 140 cm³/mol. The number of amides is 2. The molecule has 0 saturated heterocycles. The Balaban J connectivity index is 1.53. The summed E-state index contributed by atoms with van der Waals surface area (Å²) in [7, 11) is 0. The van der Waals surface area contributed by atoms with E-state index in [2.05, 4.69) is 40.3 Å². The number of nitrogens with one attached hydrogen (secondary N) is 1. The molecule has 2 aliphatic rings. The number of aromatic nitrogens is 1. The molecule has 1 aromatic carbocycles. The molecule has 1 aliphatic heterocycles. The van der Waals surface area contributed by atoms with Gasteiger partial charge in [-0.05, 0) is 81.3 Å². The molecule has 186 valence electrons. The van der Waals surface area contributed by atoms with Crippen LogP contribution in [0.15, 0.2) is 42.6 Å². The Kier molecular flexibility index (Phi) is 7.44. The molecule has 1 aliphatic carbocycles. The highest BCUT2D eigenvalue weighted by atomic mass is 32.1. The van der Waals surface area contributed by atoms with Crippen molar-refractivity contribution in [1.82, 2.24) is 14.8 Å². The molecule has 2 aromatic heterocycles. The van der Waals surface area contributed by atoms with Crippen LogP contribution in [0, 0.1) is 0 Å². The van der Waals surface area contributed by atoms with E-state index in [0.29, 0.717) is 32.9 Å². The smallest absolute Gasteiger partial charge is 0.318 e. The maximum Gasteiger partial charge on any atom is 0.318 e. The standard InChI is InChI=1S/C28H35N3O3S/c1-3-33-18-8-16-29-28(32)31-19-23-22-9-5-6-11-25(22)35-27(23)30-17-7-10-24(30)26(31)20-12-14-21(15-13-20)34-4-2/h7,10,12-15,17,26H,3-6,8-9,11,16,18-19H2,1-2H3,(H,29,32)/t26-/m0/s1. The summed E-state index contributed by atoms with van der Waals surface area (Å²) in [5.41, 5.74) is 5.00. The number of ether oxygens (including phenoxy) is 2. The van der Waals surface area contributed by atoms with E-state index in [1.807, 2.05) is 42.2 Å². The molecule has 1 N–H and O–H groups in total. The van der Waals surface area contributed by atoms with E-state index >= 15 is 0 Å². The first-order valence-electron chi connectivity index (χ1n) is 12.9. The number of urea groups is 1. The Hall–Kier alpha value is -2.77. The molecule has 3 heterocycles. The Morgan fingerprint density at radius 3 is 2.71 bits per heavy atom. The van der Waals surface area contributed by atoms with E-state index in [9.17, 15) is 4.79 Å². The molecule has 0 spiro atoms. The Labute approximate surface area is 211 Å². The summed E-state index contributed by atoms with van der Waals surface area (Å²) in [6.45, 7) is 7.17. The Bertz CT molecular complexity index is 1150. The number of thiophene rings is 1. The van der Waals surface area contributed by atoms with Crippen molar-refractivity contribution in [3.8, 4) is 10.8 Å². The van der Waals surface area contributed by atoms with Crippen LogP contribution in [0.3, 0.4) is 0 Å². The number of fused-ring (bicyclic) bond motifs is 5. The molecule has 1 atom stereocenters. The van der Waals surface area contributed by atoms with Crippen LogP contribution in [0.25, 0.3) is 5.00 Å². The molecule has 3 aromatic rings. The van der Waals surface area contributed by atoms with Crippen molar-refractivity contribution in [2.45, 2.75) is 58.5 Å². The Morgan fingerprint density at radius 1 is 1.09 bits per heavy atom. The summed E-state index contributed by atoms with van der Waals surface area (Å²) in [6.07, 6.45) is 7.69. The van der Waals surface area contributed by atoms with Crippen molar-refractivity contribution >= 4 is 17.4 Å². The van der Waals surface area contributed by atoms with Gasteiger partial charge >= 0.3 is 6.03 Å². The van der Waals surface area contributed by atoms with Gasteiger partial charge in [-0.15, -0.1) is 11.3 Å². The van der Waals surface area contributed by atoms with Gasteiger partial charge in [0.25, 0.3) is 0 Å². The highest BCUT2D eigenvalue weighted by Gasteiger charge is 2.35. The Morgan fingerprint density at radius 2 is 1.91 bits per heavy atom. The lowest BCUT2D eigenvalue weighted by Crippen LogP contribution is -2.42. The lowest BCUT2D eigenvalue weighted by molar-refractivity contribution is 0.143. The van der Waals surface area contributed by atoms with Crippen LogP contribution >= 0.6 is 11.3 Å². The van der Waals surface area contributed by atoms with Crippen LogP contribution in [-0.4, -0.2) is 41.9 Å². The normalized spacial score (nSPS) is 16.7. The van der Waals surface area contributed by atoms with Gasteiger partial charge < -0.3 is 24.3 Å². The maximum atomic E-state index is 13.7. The lowest BCUT2D eigenvalue weighted by atomic mass is 9.95. The summed E-state index contributed by atoms with van der Waals surface area (Å²) in [5, 5.41) is 4.45. The van der Waals surface area contributed by atoms with Gasteiger partial charge in [-0.1, -0.05) is 12.1 Å². The van der Waals surface area contributed by atoms with Crippen LogP contribution in [0.5, 0.6) is 5.75 Å². The third-order valence-electron chi connectivity index (χ3n) is 6.89. The first-order chi connectivity index (χ1) is 17.2.